The number of hydrogen-bond donors (Lipinski definition) is 0. The molecule has 2 rings (SSSR count). The molecule has 0 aliphatic heterocycles. The van der Waals surface area contributed by atoms with Gasteiger partial charge in [-0.15, -0.1) is 0 Å². The molecule has 0 N–H and O–H groups in total. The predicted molar refractivity (Wildman–Crippen MR) is 70.5 cm³/mol. The first-order valence-electron chi connectivity index (χ1n) is 5.75. The molecule has 0 saturated heterocycles. The van der Waals surface area contributed by atoms with Crippen molar-refractivity contribution in [3.8, 4) is 17.2 Å². The van der Waals surface area contributed by atoms with Gasteiger partial charge in [0.1, 0.15) is 0 Å². The number of rotatable bonds is 2. The van der Waals surface area contributed by atoms with E-state index >= 15 is 0 Å². The number of fused-ring (bicyclic) bond motifs is 1. The number of carbonyl (C=O) groups excluding carboxylic acids is 2. The summed E-state index contributed by atoms with van der Waals surface area (Å²) in [4.78, 5) is 23.4. The lowest BCUT2D eigenvalue weighted by Gasteiger charge is -1.98. The van der Waals surface area contributed by atoms with Gasteiger partial charge in [0.05, 0.1) is 37.0 Å². The molecule has 20 heavy (non-hydrogen) atoms. The molecule has 0 amide bonds. The van der Waals surface area contributed by atoms with Crippen LogP contribution in [-0.4, -0.2) is 26.2 Å². The molecular formula is C15H11NO4. The summed E-state index contributed by atoms with van der Waals surface area (Å²) in [6.07, 6.45) is 0. The molecule has 2 aliphatic rings. The predicted octanol–water partition coefficient (Wildman–Crippen LogP) is 2.24. The summed E-state index contributed by atoms with van der Waals surface area (Å²) in [5.74, 6) is -1.15. The molecule has 5 heteroatoms. The van der Waals surface area contributed by atoms with E-state index in [0.29, 0.717) is 16.7 Å². The fourth-order valence-electron chi connectivity index (χ4n) is 1.94. The van der Waals surface area contributed by atoms with E-state index in [4.69, 9.17) is 5.26 Å². The Morgan fingerprint density at radius 2 is 1.60 bits per heavy atom. The number of nitrogens with zero attached hydrogens (tertiary/aromatic N) is 1. The zero-order valence-electron chi connectivity index (χ0n) is 11.0. The Labute approximate surface area is 115 Å². The molecule has 0 radical (unpaired) electrons. The molecule has 0 bridgehead atoms. The van der Waals surface area contributed by atoms with E-state index in [-0.39, 0.29) is 11.1 Å². The molecule has 0 aromatic rings. The van der Waals surface area contributed by atoms with Gasteiger partial charge < -0.3 is 9.47 Å². The summed E-state index contributed by atoms with van der Waals surface area (Å²) in [5.41, 5.74) is 2.10. The van der Waals surface area contributed by atoms with Gasteiger partial charge >= 0.3 is 11.9 Å². The van der Waals surface area contributed by atoms with Crippen molar-refractivity contribution >= 4 is 11.9 Å². The molecule has 0 fully saturated rings. The van der Waals surface area contributed by atoms with Crippen molar-refractivity contribution in [2.45, 2.75) is 0 Å². The first-order valence-corrected chi connectivity index (χ1v) is 5.75. The van der Waals surface area contributed by atoms with Gasteiger partial charge in [0, 0.05) is 5.56 Å². The summed E-state index contributed by atoms with van der Waals surface area (Å²) >= 11 is 0. The molecule has 0 aromatic heterocycles. The van der Waals surface area contributed by atoms with Gasteiger partial charge in [-0.2, -0.15) is 5.26 Å². The SMILES string of the molecule is COC(=O)c1cc(C(=O)OC)cc2c(C#N)ccc-2c1. The highest BCUT2D eigenvalue weighted by Crippen LogP contribution is 2.29. The smallest absolute Gasteiger partial charge is 0.337 e. The zero-order valence-corrected chi connectivity index (χ0v) is 11.0. The highest BCUT2D eigenvalue weighted by Gasteiger charge is 2.17. The van der Waals surface area contributed by atoms with Crippen molar-refractivity contribution in [2.24, 2.45) is 0 Å². The minimum atomic E-state index is -0.585. The van der Waals surface area contributed by atoms with Crippen LogP contribution in [0, 0.1) is 11.3 Å². The van der Waals surface area contributed by atoms with E-state index in [1.165, 1.54) is 26.4 Å². The number of nitriles is 1. The molecule has 0 aromatic carbocycles. The van der Waals surface area contributed by atoms with Crippen LogP contribution in [0.15, 0.2) is 30.3 Å². The topological polar surface area (TPSA) is 76.4 Å². The van der Waals surface area contributed by atoms with Crippen LogP contribution in [-0.2, 0) is 9.47 Å². The maximum Gasteiger partial charge on any atom is 0.337 e. The summed E-state index contributed by atoms with van der Waals surface area (Å²) < 4.78 is 9.34. The molecule has 0 spiro atoms. The van der Waals surface area contributed by atoms with Crippen LogP contribution in [0.5, 0.6) is 0 Å². The number of carbonyl (C=O) groups is 2. The van der Waals surface area contributed by atoms with Crippen LogP contribution >= 0.6 is 0 Å². The van der Waals surface area contributed by atoms with E-state index in [9.17, 15) is 9.59 Å². The quantitative estimate of drug-likeness (QED) is 0.781. The lowest BCUT2D eigenvalue weighted by molar-refractivity contribution is 0.0600. The fourth-order valence-corrected chi connectivity index (χ4v) is 1.94. The lowest BCUT2D eigenvalue weighted by atomic mass is 10.1. The second-order valence-corrected chi connectivity index (χ2v) is 4.05. The Hall–Kier alpha value is -2.87. The van der Waals surface area contributed by atoms with Crippen molar-refractivity contribution in [1.82, 2.24) is 0 Å². The second kappa shape index (κ2) is 5.41. The maximum atomic E-state index is 11.7. The van der Waals surface area contributed by atoms with Crippen LogP contribution in [0.25, 0.3) is 11.1 Å². The van der Waals surface area contributed by atoms with Crippen LogP contribution in [0.2, 0.25) is 0 Å². The van der Waals surface area contributed by atoms with Gasteiger partial charge in [-0.05, 0) is 29.8 Å². The Balaban J connectivity index is 2.74. The number of esters is 2. The standard InChI is InChI=1S/C15H11NO4/c1-19-14(17)11-5-9-3-4-10(8-16)13(9)7-12(6-11)15(18)20-2/h3-7H,1-2H3. The number of ether oxygens (including phenoxy) is 2. The van der Waals surface area contributed by atoms with E-state index < -0.39 is 11.9 Å². The Morgan fingerprint density at radius 3 is 2.15 bits per heavy atom. The molecule has 0 unspecified atom stereocenters. The third kappa shape index (κ3) is 2.31. The van der Waals surface area contributed by atoms with Crippen molar-refractivity contribution in [1.29, 1.82) is 5.26 Å². The first-order chi connectivity index (χ1) is 9.60. The molecule has 5 nitrogen and oxygen atoms in total. The third-order valence-corrected chi connectivity index (χ3v) is 2.92. The number of hydrogen-bond acceptors (Lipinski definition) is 5. The minimum absolute atomic E-state index is 0.186. The van der Waals surface area contributed by atoms with Gasteiger partial charge in [-0.25, -0.2) is 9.59 Å². The average molecular weight is 269 g/mol. The summed E-state index contributed by atoms with van der Waals surface area (Å²) in [5, 5.41) is 9.06. The lowest BCUT2D eigenvalue weighted by Crippen LogP contribution is -2.03. The monoisotopic (exact) mass is 269 g/mol. The minimum Gasteiger partial charge on any atom is -0.465 e. The average Bonchev–Trinajstić information content (AvgIpc) is 2.75. The van der Waals surface area contributed by atoms with E-state index in [2.05, 4.69) is 9.47 Å². The fraction of sp³-hybridized carbons (Fsp3) is 0.133. The van der Waals surface area contributed by atoms with Gasteiger partial charge in [0.25, 0.3) is 0 Å². The van der Waals surface area contributed by atoms with E-state index in [1.807, 2.05) is 6.07 Å². The maximum absolute atomic E-state index is 11.7. The van der Waals surface area contributed by atoms with E-state index in [1.54, 1.807) is 18.2 Å². The molecule has 0 saturated carbocycles. The zero-order chi connectivity index (χ0) is 14.7. The van der Waals surface area contributed by atoms with Crippen LogP contribution in [0.4, 0.5) is 0 Å². The summed E-state index contributed by atoms with van der Waals surface area (Å²) in [6, 6.07) is 9.88. The Kier molecular flexibility index (Phi) is 3.67. The molecular weight excluding hydrogens is 258 g/mol. The van der Waals surface area contributed by atoms with Crippen molar-refractivity contribution in [2.75, 3.05) is 14.2 Å². The Morgan fingerprint density at radius 1 is 1.00 bits per heavy atom. The summed E-state index contributed by atoms with van der Waals surface area (Å²) in [6.45, 7) is 0. The Bertz CT molecular complexity index is 700. The van der Waals surface area contributed by atoms with Crippen molar-refractivity contribution in [3.05, 3.63) is 47.0 Å². The van der Waals surface area contributed by atoms with Crippen LogP contribution < -0.4 is 0 Å². The molecule has 100 valence electrons. The molecule has 2 aliphatic carbocycles. The van der Waals surface area contributed by atoms with Gasteiger partial charge in [-0.3, -0.25) is 0 Å². The normalized spacial score (nSPS) is 9.85. The second-order valence-electron chi connectivity index (χ2n) is 4.05. The first kappa shape index (κ1) is 13.6. The van der Waals surface area contributed by atoms with Gasteiger partial charge in [0.2, 0.25) is 0 Å². The number of methoxy groups -OCH3 is 2. The van der Waals surface area contributed by atoms with E-state index in [0.717, 1.165) is 0 Å². The molecule has 0 atom stereocenters. The highest BCUT2D eigenvalue weighted by atomic mass is 16.5. The third-order valence-electron chi connectivity index (χ3n) is 2.92. The van der Waals surface area contributed by atoms with Crippen molar-refractivity contribution < 1.29 is 19.1 Å². The highest BCUT2D eigenvalue weighted by molar-refractivity contribution is 5.97. The van der Waals surface area contributed by atoms with Gasteiger partial charge in [-0.1, -0.05) is 6.07 Å². The molecule has 0 heterocycles. The van der Waals surface area contributed by atoms with Gasteiger partial charge in [0.15, 0.2) is 0 Å². The van der Waals surface area contributed by atoms with Crippen molar-refractivity contribution in [3.63, 3.8) is 0 Å². The summed E-state index contributed by atoms with van der Waals surface area (Å²) in [7, 11) is 2.51. The largest absolute Gasteiger partial charge is 0.465 e. The van der Waals surface area contributed by atoms with Crippen LogP contribution in [0.3, 0.4) is 0 Å². The van der Waals surface area contributed by atoms with Crippen LogP contribution in [0.1, 0.15) is 26.3 Å².